The molecule has 0 spiro atoms. The maximum absolute atomic E-state index is 11.0. The third-order valence-corrected chi connectivity index (χ3v) is 2.75. The molecule has 110 valence electrons. The van der Waals surface area contributed by atoms with E-state index in [-0.39, 0.29) is 5.56 Å². The molecule has 0 atom stereocenters. The first kappa shape index (κ1) is 16.2. The van der Waals surface area contributed by atoms with Crippen LogP contribution in [0.2, 0.25) is 0 Å². The van der Waals surface area contributed by atoms with Gasteiger partial charge in [-0.25, -0.2) is 4.79 Å². The third-order valence-electron chi connectivity index (χ3n) is 2.51. The number of hydrogen-bond acceptors (Lipinski definition) is 4. The fraction of sp³-hybridized carbons (Fsp3) is 0.385. The highest BCUT2D eigenvalue weighted by Gasteiger charge is 2.09. The van der Waals surface area contributed by atoms with E-state index in [0.717, 1.165) is 6.42 Å². The van der Waals surface area contributed by atoms with E-state index in [4.69, 9.17) is 26.8 Å². The number of carboxylic acid groups (broad SMARTS) is 1. The number of anilines is 1. The monoisotopic (exact) mass is 298 g/mol. The Morgan fingerprint density at radius 3 is 2.75 bits per heavy atom. The SMILES string of the molecule is COCCCNC(=S)Nc1cc(C(=O)O)ccc1OC. The maximum atomic E-state index is 11.0. The predicted octanol–water partition coefficient (Wildman–Crippen LogP) is 1.72. The van der Waals surface area contributed by atoms with E-state index in [0.29, 0.717) is 29.7 Å². The second kappa shape index (κ2) is 8.34. The Balaban J connectivity index is 2.67. The van der Waals surface area contributed by atoms with Crippen molar-refractivity contribution < 1.29 is 19.4 Å². The zero-order valence-electron chi connectivity index (χ0n) is 11.4. The van der Waals surface area contributed by atoms with Gasteiger partial charge in [-0.15, -0.1) is 0 Å². The van der Waals surface area contributed by atoms with Crippen molar-refractivity contribution >= 4 is 29.0 Å². The normalized spacial score (nSPS) is 9.90. The minimum absolute atomic E-state index is 0.162. The van der Waals surface area contributed by atoms with Crippen LogP contribution in [-0.2, 0) is 4.74 Å². The lowest BCUT2D eigenvalue weighted by molar-refractivity contribution is 0.0697. The van der Waals surface area contributed by atoms with Gasteiger partial charge in [-0.3, -0.25) is 0 Å². The number of thiocarbonyl (C=S) groups is 1. The fourth-order valence-electron chi connectivity index (χ4n) is 1.52. The topological polar surface area (TPSA) is 79.8 Å². The van der Waals surface area contributed by atoms with E-state index >= 15 is 0 Å². The molecule has 20 heavy (non-hydrogen) atoms. The van der Waals surface area contributed by atoms with Gasteiger partial charge < -0.3 is 25.2 Å². The van der Waals surface area contributed by atoms with Crippen molar-refractivity contribution in [3.05, 3.63) is 23.8 Å². The first-order valence-electron chi connectivity index (χ1n) is 6.03. The predicted molar refractivity (Wildman–Crippen MR) is 80.7 cm³/mol. The molecular weight excluding hydrogens is 280 g/mol. The number of ether oxygens (including phenoxy) is 2. The number of hydrogen-bond donors (Lipinski definition) is 3. The second-order valence-corrected chi connectivity index (χ2v) is 4.36. The molecule has 0 aliphatic heterocycles. The lowest BCUT2D eigenvalue weighted by Gasteiger charge is -2.14. The lowest BCUT2D eigenvalue weighted by atomic mass is 10.2. The van der Waals surface area contributed by atoms with Gasteiger partial charge in [-0.2, -0.15) is 0 Å². The zero-order chi connectivity index (χ0) is 15.0. The van der Waals surface area contributed by atoms with E-state index in [1.54, 1.807) is 13.2 Å². The summed E-state index contributed by atoms with van der Waals surface area (Å²) in [6.45, 7) is 1.31. The highest BCUT2D eigenvalue weighted by molar-refractivity contribution is 7.80. The largest absolute Gasteiger partial charge is 0.495 e. The number of benzene rings is 1. The van der Waals surface area contributed by atoms with Gasteiger partial charge in [0.1, 0.15) is 5.75 Å². The van der Waals surface area contributed by atoms with E-state index in [1.165, 1.54) is 19.2 Å². The van der Waals surface area contributed by atoms with Gasteiger partial charge in [-0.05, 0) is 36.8 Å². The minimum atomic E-state index is -1.00. The van der Waals surface area contributed by atoms with Gasteiger partial charge in [0.2, 0.25) is 0 Å². The molecule has 3 N–H and O–H groups in total. The van der Waals surface area contributed by atoms with Gasteiger partial charge in [-0.1, -0.05) is 0 Å². The first-order valence-corrected chi connectivity index (χ1v) is 6.44. The van der Waals surface area contributed by atoms with Crippen molar-refractivity contribution in [1.82, 2.24) is 5.32 Å². The number of nitrogens with one attached hydrogen (secondary N) is 2. The van der Waals surface area contributed by atoms with Crippen LogP contribution in [0, 0.1) is 0 Å². The Bertz CT molecular complexity index is 479. The Kier molecular flexibility index (Phi) is 6.75. The molecule has 1 rings (SSSR count). The summed E-state index contributed by atoms with van der Waals surface area (Å²) in [4.78, 5) is 11.0. The molecular formula is C13H18N2O4S. The van der Waals surface area contributed by atoms with Crippen LogP contribution in [0.15, 0.2) is 18.2 Å². The zero-order valence-corrected chi connectivity index (χ0v) is 12.3. The summed E-state index contributed by atoms with van der Waals surface area (Å²) in [5.74, 6) is -0.481. The van der Waals surface area contributed by atoms with E-state index in [1.807, 2.05) is 0 Å². The van der Waals surface area contributed by atoms with Crippen LogP contribution >= 0.6 is 12.2 Å². The lowest BCUT2D eigenvalue weighted by Crippen LogP contribution is -2.30. The van der Waals surface area contributed by atoms with Gasteiger partial charge in [0.25, 0.3) is 0 Å². The van der Waals surface area contributed by atoms with Crippen LogP contribution in [0.25, 0.3) is 0 Å². The molecule has 0 radical (unpaired) electrons. The number of carbonyl (C=O) groups is 1. The molecule has 0 aromatic heterocycles. The van der Waals surface area contributed by atoms with Crippen molar-refractivity contribution in [2.45, 2.75) is 6.42 Å². The van der Waals surface area contributed by atoms with E-state index < -0.39 is 5.97 Å². The summed E-state index contributed by atoms with van der Waals surface area (Å²) in [5, 5.41) is 15.3. The molecule has 1 aromatic rings. The quantitative estimate of drug-likeness (QED) is 0.522. The van der Waals surface area contributed by atoms with Crippen LogP contribution in [0.3, 0.4) is 0 Å². The molecule has 0 aliphatic rings. The Morgan fingerprint density at radius 1 is 1.40 bits per heavy atom. The molecule has 1 aromatic carbocycles. The van der Waals surface area contributed by atoms with Gasteiger partial charge in [0.15, 0.2) is 5.11 Å². The molecule has 0 saturated carbocycles. The molecule has 0 fully saturated rings. The Hall–Kier alpha value is -1.86. The highest BCUT2D eigenvalue weighted by atomic mass is 32.1. The van der Waals surface area contributed by atoms with Crippen LogP contribution in [-0.4, -0.2) is 43.6 Å². The molecule has 0 aliphatic carbocycles. The van der Waals surface area contributed by atoms with Crippen LogP contribution < -0.4 is 15.4 Å². The molecule has 6 nitrogen and oxygen atoms in total. The second-order valence-electron chi connectivity index (χ2n) is 3.95. The molecule has 0 amide bonds. The molecule has 0 heterocycles. The minimum Gasteiger partial charge on any atom is -0.495 e. The highest BCUT2D eigenvalue weighted by Crippen LogP contribution is 2.25. The summed E-state index contributed by atoms with van der Waals surface area (Å²) < 4.78 is 10.1. The summed E-state index contributed by atoms with van der Waals surface area (Å²) in [6.07, 6.45) is 0.824. The van der Waals surface area contributed by atoms with E-state index in [9.17, 15) is 4.79 Å². The average molecular weight is 298 g/mol. The Labute approximate surface area is 123 Å². The number of rotatable bonds is 7. The summed E-state index contributed by atoms with van der Waals surface area (Å²) in [5.41, 5.74) is 0.673. The number of methoxy groups -OCH3 is 2. The average Bonchev–Trinajstić information content (AvgIpc) is 2.43. The molecule has 0 bridgehead atoms. The standard InChI is InChI=1S/C13H18N2O4S/c1-18-7-3-6-14-13(20)15-10-8-9(12(16)17)4-5-11(10)19-2/h4-5,8H,3,6-7H2,1-2H3,(H,16,17)(H2,14,15,20). The van der Waals surface area contributed by atoms with Crippen molar-refractivity contribution in [2.24, 2.45) is 0 Å². The summed E-state index contributed by atoms with van der Waals surface area (Å²) >= 11 is 5.14. The molecule has 7 heteroatoms. The first-order chi connectivity index (χ1) is 9.58. The summed E-state index contributed by atoms with van der Waals surface area (Å²) in [6, 6.07) is 4.53. The van der Waals surface area contributed by atoms with Crippen molar-refractivity contribution in [3.8, 4) is 5.75 Å². The molecule has 0 unspecified atom stereocenters. The van der Waals surface area contributed by atoms with Crippen LogP contribution in [0.4, 0.5) is 5.69 Å². The van der Waals surface area contributed by atoms with Crippen molar-refractivity contribution in [3.63, 3.8) is 0 Å². The van der Waals surface area contributed by atoms with Gasteiger partial charge in [0, 0.05) is 20.3 Å². The number of carboxylic acids is 1. The van der Waals surface area contributed by atoms with E-state index in [2.05, 4.69) is 10.6 Å². The van der Waals surface area contributed by atoms with Crippen LogP contribution in [0.5, 0.6) is 5.75 Å². The molecule has 0 saturated heterocycles. The van der Waals surface area contributed by atoms with Crippen molar-refractivity contribution in [2.75, 3.05) is 32.7 Å². The van der Waals surface area contributed by atoms with Gasteiger partial charge >= 0.3 is 5.97 Å². The third kappa shape index (κ3) is 5.02. The van der Waals surface area contributed by atoms with Crippen molar-refractivity contribution in [1.29, 1.82) is 0 Å². The fourth-order valence-corrected chi connectivity index (χ4v) is 1.74. The van der Waals surface area contributed by atoms with Gasteiger partial charge in [0.05, 0.1) is 18.4 Å². The maximum Gasteiger partial charge on any atom is 0.335 e. The smallest absolute Gasteiger partial charge is 0.335 e. The summed E-state index contributed by atoms with van der Waals surface area (Å²) in [7, 11) is 3.15. The van der Waals surface area contributed by atoms with Crippen LogP contribution in [0.1, 0.15) is 16.8 Å². The number of aromatic carboxylic acids is 1. The Morgan fingerprint density at radius 2 is 2.15 bits per heavy atom.